The number of carbonyl (C=O) groups is 2. The second-order valence-corrected chi connectivity index (χ2v) is 9.85. The number of carbonyl (C=O) groups excluding carboxylic acids is 2. The molecule has 2 aromatic carbocycles. The van der Waals surface area contributed by atoms with Crippen molar-refractivity contribution >= 4 is 55.7 Å². The summed E-state index contributed by atoms with van der Waals surface area (Å²) in [5.41, 5.74) is 3.27. The van der Waals surface area contributed by atoms with Crippen molar-refractivity contribution < 1.29 is 19.4 Å². The normalized spacial score (nSPS) is 17.2. The first-order valence-electron chi connectivity index (χ1n) is 11.3. The van der Waals surface area contributed by atoms with Gasteiger partial charge in [-0.1, -0.05) is 29.0 Å². The Morgan fingerprint density at radius 3 is 2.67 bits per heavy atom. The van der Waals surface area contributed by atoms with Gasteiger partial charge in [0.25, 0.3) is 5.78 Å². The molecular weight excluding hydrogens is 498 g/mol. The third-order valence-corrected chi connectivity index (χ3v) is 7.48. The number of amides is 1. The smallest absolute Gasteiger partial charge is 0.301 e. The van der Waals surface area contributed by atoms with Crippen LogP contribution in [0.4, 0.5) is 5.13 Å². The molecule has 9 heteroatoms. The number of pyridine rings is 1. The van der Waals surface area contributed by atoms with Crippen molar-refractivity contribution in [3.8, 4) is 5.75 Å². The molecule has 1 saturated heterocycles. The Kier molecular flexibility index (Phi) is 6.24. The molecule has 3 heterocycles. The van der Waals surface area contributed by atoms with Crippen LogP contribution in [0, 0.1) is 13.8 Å². The lowest BCUT2D eigenvalue weighted by atomic mass is 9.96. The fraction of sp³-hybridized carbons (Fsp3) is 0.185. The lowest BCUT2D eigenvalue weighted by Crippen LogP contribution is -2.29. The first kappa shape index (κ1) is 24.0. The molecular formula is C27H22ClN3O4S. The van der Waals surface area contributed by atoms with Crippen LogP contribution in [0.5, 0.6) is 5.75 Å². The summed E-state index contributed by atoms with van der Waals surface area (Å²) in [7, 11) is 0. The minimum atomic E-state index is -0.900. The first-order chi connectivity index (χ1) is 17.3. The highest BCUT2D eigenvalue weighted by Crippen LogP contribution is 2.44. The summed E-state index contributed by atoms with van der Waals surface area (Å²) in [5, 5.41) is 12.3. The number of aliphatic hydroxyl groups excluding tert-OH is 1. The van der Waals surface area contributed by atoms with Gasteiger partial charge in [0.05, 0.1) is 28.4 Å². The molecule has 36 heavy (non-hydrogen) atoms. The van der Waals surface area contributed by atoms with Crippen LogP contribution in [0.15, 0.2) is 60.4 Å². The molecule has 182 valence electrons. The number of aliphatic hydroxyl groups is 1. The number of aromatic nitrogens is 2. The topological polar surface area (TPSA) is 92.6 Å². The maximum absolute atomic E-state index is 13.4. The Morgan fingerprint density at radius 1 is 1.17 bits per heavy atom. The summed E-state index contributed by atoms with van der Waals surface area (Å²) in [6.45, 7) is 6.14. The van der Waals surface area contributed by atoms with E-state index in [1.54, 1.807) is 48.8 Å². The molecule has 0 spiro atoms. The van der Waals surface area contributed by atoms with Crippen LogP contribution in [0.2, 0.25) is 5.02 Å². The summed E-state index contributed by atoms with van der Waals surface area (Å²) in [6.07, 6.45) is 3.18. The third kappa shape index (κ3) is 4.02. The molecule has 4 aromatic rings. The van der Waals surface area contributed by atoms with Gasteiger partial charge in [-0.3, -0.25) is 19.5 Å². The molecule has 1 aliphatic rings. The molecule has 7 nitrogen and oxygen atoms in total. The molecule has 0 aliphatic carbocycles. The molecule has 0 radical (unpaired) electrons. The summed E-state index contributed by atoms with van der Waals surface area (Å²) in [6, 6.07) is 11.4. The van der Waals surface area contributed by atoms with Crippen molar-refractivity contribution in [1.29, 1.82) is 0 Å². The summed E-state index contributed by atoms with van der Waals surface area (Å²) in [5.74, 6) is -1.14. The highest BCUT2D eigenvalue weighted by atomic mass is 35.5. The number of nitrogens with zero attached hydrogens (tertiary/aromatic N) is 3. The zero-order chi connectivity index (χ0) is 25.6. The number of hydrogen-bond donors (Lipinski definition) is 1. The molecule has 1 unspecified atom stereocenters. The van der Waals surface area contributed by atoms with Crippen LogP contribution in [0.1, 0.15) is 35.2 Å². The van der Waals surface area contributed by atoms with E-state index in [0.717, 1.165) is 15.8 Å². The largest absolute Gasteiger partial charge is 0.507 e. The number of halogens is 1. The number of aryl methyl sites for hydroxylation is 2. The summed E-state index contributed by atoms with van der Waals surface area (Å²) >= 11 is 7.56. The third-order valence-electron chi connectivity index (χ3n) is 6.06. The van der Waals surface area contributed by atoms with Gasteiger partial charge in [-0.05, 0) is 73.9 Å². The Hall–Kier alpha value is -3.75. The van der Waals surface area contributed by atoms with Crippen molar-refractivity contribution in [1.82, 2.24) is 9.97 Å². The van der Waals surface area contributed by atoms with Crippen molar-refractivity contribution in [2.45, 2.75) is 26.8 Å². The van der Waals surface area contributed by atoms with Gasteiger partial charge in [-0.15, -0.1) is 0 Å². The molecule has 1 atom stereocenters. The first-order valence-corrected chi connectivity index (χ1v) is 12.5. The standard InChI is InChI=1S/C27H22ClN3O4S/c1-4-35-20-8-7-16(10-15(20)3)24(32)22-23(17-6-5-9-29-13-17)31(26(34)25(22)33)27-30-19-12-18(28)14(2)11-21(19)36-27/h5-13,23,32H,4H2,1-3H3/b24-22+. The van der Waals surface area contributed by atoms with Crippen LogP contribution >= 0.6 is 22.9 Å². The average molecular weight is 520 g/mol. The highest BCUT2D eigenvalue weighted by molar-refractivity contribution is 7.22. The number of thiazole rings is 1. The van der Waals surface area contributed by atoms with E-state index in [4.69, 9.17) is 16.3 Å². The fourth-order valence-electron chi connectivity index (χ4n) is 4.29. The van der Waals surface area contributed by atoms with Crippen molar-refractivity contribution in [2.75, 3.05) is 11.5 Å². The Morgan fingerprint density at radius 2 is 1.97 bits per heavy atom. The lowest BCUT2D eigenvalue weighted by Gasteiger charge is -2.22. The maximum Gasteiger partial charge on any atom is 0.301 e. The Balaban J connectivity index is 1.69. The molecule has 1 aliphatic heterocycles. The van der Waals surface area contributed by atoms with Crippen LogP contribution in [0.25, 0.3) is 16.0 Å². The Bertz CT molecular complexity index is 1510. The number of Topliss-reactive ketones (excluding diaryl/α,β-unsaturated/α-hetero) is 1. The van der Waals surface area contributed by atoms with E-state index < -0.39 is 17.7 Å². The molecule has 5 rings (SSSR count). The van der Waals surface area contributed by atoms with E-state index >= 15 is 0 Å². The zero-order valence-corrected chi connectivity index (χ0v) is 21.4. The molecule has 0 bridgehead atoms. The number of fused-ring (bicyclic) bond motifs is 1. The van der Waals surface area contributed by atoms with Gasteiger partial charge in [0.15, 0.2) is 5.13 Å². The number of benzene rings is 2. The van der Waals surface area contributed by atoms with E-state index in [9.17, 15) is 14.7 Å². The van der Waals surface area contributed by atoms with Gasteiger partial charge in [0.2, 0.25) is 0 Å². The second-order valence-electron chi connectivity index (χ2n) is 8.43. The minimum absolute atomic E-state index is 0.0231. The van der Waals surface area contributed by atoms with Crippen molar-refractivity contribution in [3.63, 3.8) is 0 Å². The Labute approximate surface area is 216 Å². The van der Waals surface area contributed by atoms with E-state index in [-0.39, 0.29) is 11.3 Å². The minimum Gasteiger partial charge on any atom is -0.507 e. The summed E-state index contributed by atoms with van der Waals surface area (Å²) < 4.78 is 6.43. The lowest BCUT2D eigenvalue weighted by molar-refractivity contribution is -0.132. The maximum atomic E-state index is 13.4. The van der Waals surface area contributed by atoms with E-state index in [1.165, 1.54) is 16.2 Å². The van der Waals surface area contributed by atoms with Gasteiger partial charge < -0.3 is 9.84 Å². The van der Waals surface area contributed by atoms with E-state index in [1.807, 2.05) is 26.8 Å². The number of hydrogen-bond acceptors (Lipinski definition) is 7. The number of ketones is 1. The van der Waals surface area contributed by atoms with Gasteiger partial charge in [0, 0.05) is 23.0 Å². The van der Waals surface area contributed by atoms with Crippen molar-refractivity contribution in [2.24, 2.45) is 0 Å². The molecule has 2 aromatic heterocycles. The number of ether oxygens (including phenoxy) is 1. The molecule has 0 saturated carbocycles. The van der Waals surface area contributed by atoms with Crippen LogP contribution < -0.4 is 9.64 Å². The summed E-state index contributed by atoms with van der Waals surface area (Å²) in [4.78, 5) is 36.9. The predicted octanol–water partition coefficient (Wildman–Crippen LogP) is 5.99. The predicted molar refractivity (Wildman–Crippen MR) is 141 cm³/mol. The van der Waals surface area contributed by atoms with Gasteiger partial charge >= 0.3 is 5.91 Å². The average Bonchev–Trinajstić information content (AvgIpc) is 3.38. The second kappa shape index (κ2) is 9.37. The molecule has 1 amide bonds. The van der Waals surface area contributed by atoms with Gasteiger partial charge in [0.1, 0.15) is 11.5 Å². The molecule has 1 fully saturated rings. The number of rotatable bonds is 5. The van der Waals surface area contributed by atoms with Gasteiger partial charge in [-0.25, -0.2) is 4.98 Å². The van der Waals surface area contributed by atoms with E-state index in [0.29, 0.717) is 39.2 Å². The highest BCUT2D eigenvalue weighted by Gasteiger charge is 2.48. The zero-order valence-electron chi connectivity index (χ0n) is 19.8. The van der Waals surface area contributed by atoms with Crippen LogP contribution in [0.3, 0.4) is 0 Å². The SMILES string of the molecule is CCOc1ccc(/C(O)=C2\C(=O)C(=O)N(c3nc4cc(Cl)c(C)cc4s3)C2c2cccnc2)cc1C. The fourth-order valence-corrected chi connectivity index (χ4v) is 5.52. The molecule has 1 N–H and O–H groups in total. The quantitative estimate of drug-likeness (QED) is 0.198. The van der Waals surface area contributed by atoms with E-state index in [2.05, 4.69) is 9.97 Å². The van der Waals surface area contributed by atoms with Crippen LogP contribution in [-0.4, -0.2) is 33.4 Å². The van der Waals surface area contributed by atoms with Crippen LogP contribution in [-0.2, 0) is 9.59 Å². The van der Waals surface area contributed by atoms with Crippen molar-refractivity contribution in [3.05, 3.63) is 87.7 Å². The number of anilines is 1. The van der Waals surface area contributed by atoms with Gasteiger partial charge in [-0.2, -0.15) is 0 Å². The monoisotopic (exact) mass is 519 g/mol.